The van der Waals surface area contributed by atoms with Gasteiger partial charge in [-0.05, 0) is 50.6 Å². The third-order valence-corrected chi connectivity index (χ3v) is 3.22. The Bertz CT molecular complexity index is 388. The van der Waals surface area contributed by atoms with Gasteiger partial charge in [0.15, 0.2) is 0 Å². The summed E-state index contributed by atoms with van der Waals surface area (Å²) in [6.45, 7) is 3.41. The predicted octanol–water partition coefficient (Wildman–Crippen LogP) is 2.97. The van der Waals surface area contributed by atoms with Crippen molar-refractivity contribution >= 4 is 5.57 Å². The number of hydrogen-bond donors (Lipinski definition) is 0. The Morgan fingerprint density at radius 3 is 2.60 bits per heavy atom. The molecule has 1 nitrogen and oxygen atoms in total. The van der Waals surface area contributed by atoms with Crippen molar-refractivity contribution in [3.05, 3.63) is 41.0 Å². The van der Waals surface area contributed by atoms with Crippen LogP contribution in [-0.4, -0.2) is 25.5 Å². The Labute approximate surface area is 92.4 Å². The van der Waals surface area contributed by atoms with Gasteiger partial charge in [-0.1, -0.05) is 29.8 Å². The highest BCUT2D eigenvalue weighted by Gasteiger charge is 2.16. The Morgan fingerprint density at radius 2 is 1.93 bits per heavy atom. The van der Waals surface area contributed by atoms with Crippen LogP contribution < -0.4 is 0 Å². The Morgan fingerprint density at radius 1 is 1.20 bits per heavy atom. The van der Waals surface area contributed by atoms with Crippen LogP contribution >= 0.6 is 0 Å². The molecule has 80 valence electrons. The molecule has 0 aromatic heterocycles. The second-order valence-electron chi connectivity index (χ2n) is 4.62. The minimum Gasteiger partial charge on any atom is -0.309 e. The van der Waals surface area contributed by atoms with Crippen LogP contribution in [0.3, 0.4) is 0 Å². The van der Waals surface area contributed by atoms with E-state index < -0.39 is 0 Å². The SMILES string of the molecule is CC1=C(CCN(C)C)Cc2ccccc21. The van der Waals surface area contributed by atoms with Gasteiger partial charge in [0, 0.05) is 6.54 Å². The van der Waals surface area contributed by atoms with Gasteiger partial charge in [0.1, 0.15) is 0 Å². The molecule has 0 radical (unpaired) electrons. The fourth-order valence-corrected chi connectivity index (χ4v) is 2.23. The van der Waals surface area contributed by atoms with E-state index in [2.05, 4.69) is 50.2 Å². The van der Waals surface area contributed by atoms with Gasteiger partial charge in [-0.2, -0.15) is 0 Å². The van der Waals surface area contributed by atoms with Crippen molar-refractivity contribution in [2.45, 2.75) is 19.8 Å². The first kappa shape index (κ1) is 10.4. The average molecular weight is 201 g/mol. The van der Waals surface area contributed by atoms with Crippen molar-refractivity contribution < 1.29 is 0 Å². The molecule has 1 aliphatic carbocycles. The van der Waals surface area contributed by atoms with Crippen LogP contribution in [0.4, 0.5) is 0 Å². The zero-order valence-electron chi connectivity index (χ0n) is 9.88. The fraction of sp³-hybridized carbons (Fsp3) is 0.429. The van der Waals surface area contributed by atoms with Gasteiger partial charge < -0.3 is 4.90 Å². The molecule has 0 atom stereocenters. The first-order valence-electron chi connectivity index (χ1n) is 5.60. The van der Waals surface area contributed by atoms with E-state index in [1.807, 2.05) is 0 Å². The molecule has 1 heteroatoms. The zero-order chi connectivity index (χ0) is 10.8. The van der Waals surface area contributed by atoms with E-state index in [9.17, 15) is 0 Å². The molecule has 0 N–H and O–H groups in total. The summed E-state index contributed by atoms with van der Waals surface area (Å²) in [4.78, 5) is 2.25. The summed E-state index contributed by atoms with van der Waals surface area (Å²) < 4.78 is 0. The molecule has 15 heavy (non-hydrogen) atoms. The molecule has 0 amide bonds. The van der Waals surface area contributed by atoms with Gasteiger partial charge in [0.05, 0.1) is 0 Å². The van der Waals surface area contributed by atoms with E-state index in [-0.39, 0.29) is 0 Å². The van der Waals surface area contributed by atoms with Crippen LogP contribution in [0.15, 0.2) is 29.8 Å². The van der Waals surface area contributed by atoms with Crippen molar-refractivity contribution in [2.75, 3.05) is 20.6 Å². The summed E-state index contributed by atoms with van der Waals surface area (Å²) in [6.07, 6.45) is 2.36. The molecule has 1 aromatic rings. The predicted molar refractivity (Wildman–Crippen MR) is 65.9 cm³/mol. The van der Waals surface area contributed by atoms with Gasteiger partial charge in [0.25, 0.3) is 0 Å². The number of benzene rings is 1. The molecular formula is C14H19N. The molecule has 0 aliphatic heterocycles. The van der Waals surface area contributed by atoms with E-state index in [1.54, 1.807) is 5.57 Å². The molecule has 0 fully saturated rings. The minimum atomic E-state index is 1.15. The summed E-state index contributed by atoms with van der Waals surface area (Å²) in [5.41, 5.74) is 6.09. The van der Waals surface area contributed by atoms with Gasteiger partial charge in [-0.3, -0.25) is 0 Å². The highest BCUT2D eigenvalue weighted by molar-refractivity contribution is 5.74. The van der Waals surface area contributed by atoms with Crippen molar-refractivity contribution in [2.24, 2.45) is 0 Å². The lowest BCUT2D eigenvalue weighted by atomic mass is 10.1. The minimum absolute atomic E-state index is 1.15. The van der Waals surface area contributed by atoms with Crippen LogP contribution in [0.1, 0.15) is 24.5 Å². The quantitative estimate of drug-likeness (QED) is 0.726. The van der Waals surface area contributed by atoms with Gasteiger partial charge in [-0.25, -0.2) is 0 Å². The first-order chi connectivity index (χ1) is 7.18. The van der Waals surface area contributed by atoms with Crippen LogP contribution in [-0.2, 0) is 6.42 Å². The maximum atomic E-state index is 2.26. The molecule has 0 saturated carbocycles. The molecule has 0 saturated heterocycles. The van der Waals surface area contributed by atoms with Crippen molar-refractivity contribution in [1.29, 1.82) is 0 Å². The second-order valence-corrected chi connectivity index (χ2v) is 4.62. The topological polar surface area (TPSA) is 3.24 Å². The van der Waals surface area contributed by atoms with Gasteiger partial charge in [-0.15, -0.1) is 0 Å². The molecule has 1 aromatic carbocycles. The summed E-state index contributed by atoms with van der Waals surface area (Å²) in [6, 6.07) is 8.77. The number of fused-ring (bicyclic) bond motifs is 1. The maximum Gasteiger partial charge on any atom is 0.00128 e. The lowest BCUT2D eigenvalue weighted by Gasteiger charge is -2.10. The van der Waals surface area contributed by atoms with Crippen LogP contribution in [0.2, 0.25) is 0 Å². The largest absolute Gasteiger partial charge is 0.309 e. The Balaban J connectivity index is 2.15. The maximum absolute atomic E-state index is 2.26. The highest BCUT2D eigenvalue weighted by Crippen LogP contribution is 2.33. The molecule has 2 rings (SSSR count). The first-order valence-corrected chi connectivity index (χ1v) is 5.60. The molecule has 0 unspecified atom stereocenters. The van der Waals surface area contributed by atoms with Gasteiger partial charge in [0.2, 0.25) is 0 Å². The third kappa shape index (κ3) is 2.13. The van der Waals surface area contributed by atoms with E-state index in [0.29, 0.717) is 0 Å². The number of nitrogens with zero attached hydrogens (tertiary/aromatic N) is 1. The van der Waals surface area contributed by atoms with Crippen molar-refractivity contribution in [1.82, 2.24) is 4.90 Å². The standard InChI is InChI=1S/C14H19N/c1-11-12(8-9-15(2)3)10-13-6-4-5-7-14(11)13/h4-7H,8-10H2,1-3H3. The van der Waals surface area contributed by atoms with E-state index >= 15 is 0 Å². The van der Waals surface area contributed by atoms with Gasteiger partial charge >= 0.3 is 0 Å². The Kier molecular flexibility index (Phi) is 2.92. The molecular weight excluding hydrogens is 182 g/mol. The summed E-state index contributed by atoms with van der Waals surface area (Å²) in [5, 5.41) is 0. The van der Waals surface area contributed by atoms with E-state index in [0.717, 1.165) is 13.0 Å². The Hall–Kier alpha value is -1.08. The molecule has 0 spiro atoms. The smallest absolute Gasteiger partial charge is 0.00128 e. The summed E-state index contributed by atoms with van der Waals surface area (Å²) in [7, 11) is 4.27. The number of rotatable bonds is 3. The number of hydrogen-bond acceptors (Lipinski definition) is 1. The van der Waals surface area contributed by atoms with Crippen LogP contribution in [0, 0.1) is 0 Å². The van der Waals surface area contributed by atoms with Crippen LogP contribution in [0.25, 0.3) is 5.57 Å². The average Bonchev–Trinajstić information content (AvgIpc) is 2.54. The lowest BCUT2D eigenvalue weighted by molar-refractivity contribution is 0.412. The lowest BCUT2D eigenvalue weighted by Crippen LogP contribution is -2.13. The molecule has 1 aliphatic rings. The highest BCUT2D eigenvalue weighted by atomic mass is 15.0. The molecule has 0 heterocycles. The fourth-order valence-electron chi connectivity index (χ4n) is 2.23. The van der Waals surface area contributed by atoms with Crippen molar-refractivity contribution in [3.8, 4) is 0 Å². The number of allylic oxidation sites excluding steroid dienone is 1. The van der Waals surface area contributed by atoms with Crippen molar-refractivity contribution in [3.63, 3.8) is 0 Å². The van der Waals surface area contributed by atoms with Crippen LogP contribution in [0.5, 0.6) is 0 Å². The zero-order valence-corrected chi connectivity index (χ0v) is 9.88. The second kappa shape index (κ2) is 4.19. The summed E-state index contributed by atoms with van der Waals surface area (Å²) in [5.74, 6) is 0. The van der Waals surface area contributed by atoms with E-state index in [4.69, 9.17) is 0 Å². The normalized spacial score (nSPS) is 14.9. The third-order valence-electron chi connectivity index (χ3n) is 3.22. The molecule has 0 bridgehead atoms. The monoisotopic (exact) mass is 201 g/mol. The summed E-state index contributed by atoms with van der Waals surface area (Å²) >= 11 is 0. The van der Waals surface area contributed by atoms with E-state index in [1.165, 1.54) is 23.1 Å².